The van der Waals surface area contributed by atoms with Gasteiger partial charge in [-0.25, -0.2) is 4.79 Å². The fraction of sp³-hybridized carbons (Fsp3) is 0.250. The van der Waals surface area contributed by atoms with Crippen LogP contribution in [0, 0.1) is 0 Å². The molecular formula is C12H10F4O2S. The van der Waals surface area contributed by atoms with Gasteiger partial charge >= 0.3 is 12.1 Å². The minimum Gasteiger partial charge on any atom is -0.465 e. The highest BCUT2D eigenvalue weighted by Gasteiger charge is 2.43. The molecule has 0 unspecified atom stereocenters. The van der Waals surface area contributed by atoms with Crippen molar-refractivity contribution in [3.05, 3.63) is 46.6 Å². The van der Waals surface area contributed by atoms with Crippen LogP contribution >= 0.6 is 11.8 Å². The molecule has 19 heavy (non-hydrogen) atoms. The average Bonchev–Trinajstić information content (AvgIpc) is 2.36. The molecule has 0 bridgehead atoms. The Balaban J connectivity index is 2.88. The number of carbonyl (C=O) groups is 1. The van der Waals surface area contributed by atoms with E-state index in [-0.39, 0.29) is 5.75 Å². The molecule has 0 fully saturated rings. The smallest absolute Gasteiger partial charge is 0.426 e. The summed E-state index contributed by atoms with van der Waals surface area (Å²) < 4.78 is 55.0. The number of methoxy groups -OCH3 is 1. The van der Waals surface area contributed by atoms with E-state index < -0.39 is 22.9 Å². The van der Waals surface area contributed by atoms with Crippen molar-refractivity contribution in [2.24, 2.45) is 0 Å². The molecule has 0 saturated heterocycles. The third-order valence-electron chi connectivity index (χ3n) is 2.08. The number of thioether (sulfide) groups is 1. The van der Waals surface area contributed by atoms with E-state index in [1.807, 2.05) is 0 Å². The van der Waals surface area contributed by atoms with Crippen LogP contribution in [-0.4, -0.2) is 19.3 Å². The molecule has 0 heterocycles. The number of carbonyl (C=O) groups excluding carboxylic acids is 1. The highest BCUT2D eigenvalue weighted by atomic mass is 32.2. The molecule has 0 aliphatic rings. The zero-order valence-electron chi connectivity index (χ0n) is 9.83. The Labute approximate surface area is 111 Å². The number of halogens is 4. The van der Waals surface area contributed by atoms with Gasteiger partial charge in [-0.3, -0.25) is 0 Å². The van der Waals surface area contributed by atoms with Gasteiger partial charge in [0.1, 0.15) is 0 Å². The van der Waals surface area contributed by atoms with Gasteiger partial charge in [-0.15, -0.1) is 0 Å². The van der Waals surface area contributed by atoms with Crippen molar-refractivity contribution in [3.8, 4) is 0 Å². The molecular weight excluding hydrogens is 284 g/mol. The quantitative estimate of drug-likeness (QED) is 0.479. The van der Waals surface area contributed by atoms with Crippen molar-refractivity contribution >= 4 is 17.7 Å². The van der Waals surface area contributed by atoms with E-state index in [0.717, 1.165) is 7.11 Å². The van der Waals surface area contributed by atoms with Gasteiger partial charge in [0.2, 0.25) is 0 Å². The van der Waals surface area contributed by atoms with Gasteiger partial charge in [0.25, 0.3) is 0 Å². The van der Waals surface area contributed by atoms with E-state index >= 15 is 0 Å². The summed E-state index contributed by atoms with van der Waals surface area (Å²) in [6, 6.07) is 8.39. The van der Waals surface area contributed by atoms with Gasteiger partial charge in [0.05, 0.1) is 7.11 Å². The predicted molar refractivity (Wildman–Crippen MR) is 63.9 cm³/mol. The molecule has 0 aliphatic carbocycles. The molecule has 1 aromatic rings. The third kappa shape index (κ3) is 4.59. The molecule has 104 valence electrons. The Morgan fingerprint density at radius 2 is 1.84 bits per heavy atom. The largest absolute Gasteiger partial charge is 0.465 e. The van der Waals surface area contributed by atoms with E-state index in [0.29, 0.717) is 17.3 Å². The minimum atomic E-state index is -5.08. The maximum absolute atomic E-state index is 13.5. The topological polar surface area (TPSA) is 26.3 Å². The van der Waals surface area contributed by atoms with Gasteiger partial charge in [-0.2, -0.15) is 17.6 Å². The van der Waals surface area contributed by atoms with Crippen molar-refractivity contribution in [3.63, 3.8) is 0 Å². The first-order chi connectivity index (χ1) is 8.86. The molecule has 1 rings (SSSR count). The van der Waals surface area contributed by atoms with Crippen LogP contribution in [0.25, 0.3) is 0 Å². The number of alkyl halides is 3. The Morgan fingerprint density at radius 1 is 1.26 bits per heavy atom. The van der Waals surface area contributed by atoms with E-state index in [1.165, 1.54) is 0 Å². The zero-order valence-corrected chi connectivity index (χ0v) is 10.6. The summed E-state index contributed by atoms with van der Waals surface area (Å²) in [6.07, 6.45) is -5.08. The standard InChI is InChI=1S/C12H10F4O2S/c1-18-11(17)9(12(14,15)16)10(13)19-7-8-5-3-2-4-6-8/h2-6H,7H2,1H3/b10-9-. The molecule has 0 saturated carbocycles. The first-order valence-electron chi connectivity index (χ1n) is 5.08. The van der Waals surface area contributed by atoms with Crippen molar-refractivity contribution in [1.29, 1.82) is 0 Å². The number of esters is 1. The van der Waals surface area contributed by atoms with Crippen LogP contribution in [-0.2, 0) is 15.3 Å². The highest BCUT2D eigenvalue weighted by molar-refractivity contribution is 8.02. The van der Waals surface area contributed by atoms with Crippen molar-refractivity contribution < 1.29 is 27.1 Å². The van der Waals surface area contributed by atoms with Crippen LogP contribution < -0.4 is 0 Å². The maximum Gasteiger partial charge on any atom is 0.426 e. The van der Waals surface area contributed by atoms with Crippen LogP contribution in [0.5, 0.6) is 0 Å². The first kappa shape index (κ1) is 15.6. The fourth-order valence-electron chi connectivity index (χ4n) is 1.20. The molecule has 7 heteroatoms. The molecule has 0 amide bonds. The van der Waals surface area contributed by atoms with Gasteiger partial charge in [-0.05, 0) is 5.56 Å². The Hall–Kier alpha value is -1.50. The summed E-state index contributed by atoms with van der Waals surface area (Å²) in [5.41, 5.74) is -1.26. The third-order valence-corrected chi connectivity index (χ3v) is 3.01. The molecule has 0 aromatic heterocycles. The lowest BCUT2D eigenvalue weighted by Crippen LogP contribution is -2.22. The summed E-state index contributed by atoms with van der Waals surface area (Å²) in [6.45, 7) is 0. The average molecular weight is 294 g/mol. The Morgan fingerprint density at radius 3 is 2.32 bits per heavy atom. The van der Waals surface area contributed by atoms with Crippen LogP contribution in [0.4, 0.5) is 17.6 Å². The summed E-state index contributed by atoms with van der Waals surface area (Å²) in [4.78, 5) is 11.0. The van der Waals surface area contributed by atoms with E-state index in [9.17, 15) is 22.4 Å². The second kappa shape index (κ2) is 6.60. The fourth-order valence-corrected chi connectivity index (χ4v) is 2.03. The zero-order chi connectivity index (χ0) is 14.5. The minimum absolute atomic E-state index is 0.0107. The van der Waals surface area contributed by atoms with Crippen LogP contribution in [0.2, 0.25) is 0 Å². The van der Waals surface area contributed by atoms with Crippen LogP contribution in [0.3, 0.4) is 0 Å². The molecule has 0 radical (unpaired) electrons. The molecule has 0 spiro atoms. The van der Waals surface area contributed by atoms with E-state index in [1.54, 1.807) is 30.3 Å². The molecule has 0 atom stereocenters. The molecule has 1 aromatic carbocycles. The van der Waals surface area contributed by atoms with Gasteiger partial charge < -0.3 is 4.74 Å². The summed E-state index contributed by atoms with van der Waals surface area (Å²) in [5, 5.41) is -1.59. The van der Waals surface area contributed by atoms with Gasteiger partial charge in [0, 0.05) is 5.75 Å². The van der Waals surface area contributed by atoms with E-state index in [2.05, 4.69) is 4.74 Å². The summed E-state index contributed by atoms with van der Waals surface area (Å²) in [5.74, 6) is -1.74. The van der Waals surface area contributed by atoms with Crippen molar-refractivity contribution in [2.75, 3.05) is 7.11 Å². The lowest BCUT2D eigenvalue weighted by Gasteiger charge is -2.10. The SMILES string of the molecule is COC(=O)/C(=C(\F)SCc1ccccc1)C(F)(F)F. The second-order valence-corrected chi connectivity index (χ2v) is 4.35. The lowest BCUT2D eigenvalue weighted by atomic mass is 10.2. The normalized spacial score (nSPS) is 12.9. The monoisotopic (exact) mass is 294 g/mol. The predicted octanol–water partition coefficient (Wildman–Crippen LogP) is 3.84. The van der Waals surface area contributed by atoms with Gasteiger partial charge in [0.15, 0.2) is 10.7 Å². The second-order valence-electron chi connectivity index (χ2n) is 3.41. The van der Waals surface area contributed by atoms with Crippen molar-refractivity contribution in [1.82, 2.24) is 0 Å². The number of rotatable bonds is 4. The Kier molecular flexibility index (Phi) is 5.41. The van der Waals surface area contributed by atoms with Crippen molar-refractivity contribution in [2.45, 2.75) is 11.9 Å². The summed E-state index contributed by atoms with van der Waals surface area (Å²) >= 11 is 0.300. The number of hydrogen-bond donors (Lipinski definition) is 0. The number of hydrogen-bond acceptors (Lipinski definition) is 3. The highest BCUT2D eigenvalue weighted by Crippen LogP contribution is 2.35. The molecule has 0 aliphatic heterocycles. The molecule has 0 N–H and O–H groups in total. The number of ether oxygens (including phenoxy) is 1. The Bertz CT molecular complexity index is 468. The first-order valence-corrected chi connectivity index (χ1v) is 6.07. The van der Waals surface area contributed by atoms with Crippen LogP contribution in [0.15, 0.2) is 41.1 Å². The number of benzene rings is 1. The lowest BCUT2D eigenvalue weighted by molar-refractivity contribution is -0.148. The van der Waals surface area contributed by atoms with E-state index in [4.69, 9.17) is 0 Å². The summed E-state index contributed by atoms with van der Waals surface area (Å²) in [7, 11) is 0.767. The van der Waals surface area contributed by atoms with Crippen LogP contribution in [0.1, 0.15) is 5.56 Å². The maximum atomic E-state index is 13.5. The van der Waals surface area contributed by atoms with Gasteiger partial charge in [-0.1, -0.05) is 42.1 Å². The molecule has 2 nitrogen and oxygen atoms in total.